The van der Waals surface area contributed by atoms with Crippen LogP contribution >= 0.6 is 27.5 Å². The molecule has 0 amide bonds. The Morgan fingerprint density at radius 2 is 2.19 bits per heavy atom. The molecule has 1 heterocycles. The Balaban J connectivity index is 1.99. The summed E-state index contributed by atoms with van der Waals surface area (Å²) < 4.78 is 6.37. The lowest BCUT2D eigenvalue weighted by Gasteiger charge is -2.17. The van der Waals surface area contributed by atoms with Crippen LogP contribution in [0.2, 0.25) is 5.02 Å². The first kappa shape index (κ1) is 12.2. The molecular formula is C12H15BrClNO. The molecule has 1 aromatic rings. The molecule has 88 valence electrons. The third-order valence-electron chi connectivity index (χ3n) is 2.74. The molecule has 16 heavy (non-hydrogen) atoms. The third kappa shape index (κ3) is 3.37. The number of nitrogens with one attached hydrogen (secondary N) is 1. The number of hydrogen-bond donors (Lipinski definition) is 1. The van der Waals surface area contributed by atoms with E-state index in [1.807, 2.05) is 18.2 Å². The van der Waals surface area contributed by atoms with Crippen LogP contribution in [0.4, 0.5) is 5.69 Å². The number of ether oxygens (including phenoxy) is 1. The number of rotatable bonds is 2. The van der Waals surface area contributed by atoms with Gasteiger partial charge in [-0.05, 0) is 53.4 Å². The van der Waals surface area contributed by atoms with Crippen LogP contribution in [0.3, 0.4) is 0 Å². The van der Waals surface area contributed by atoms with E-state index in [-0.39, 0.29) is 0 Å². The zero-order valence-corrected chi connectivity index (χ0v) is 11.4. The minimum Gasteiger partial charge on any atom is -0.382 e. The number of hydrogen-bond acceptors (Lipinski definition) is 2. The SMILES string of the molecule is Clc1cc(NC2CCCOCC2)ccc1Br. The van der Waals surface area contributed by atoms with Crippen molar-refractivity contribution in [3.8, 4) is 0 Å². The Kier molecular flexibility index (Phi) is 4.50. The second-order valence-corrected chi connectivity index (χ2v) is 5.27. The quantitative estimate of drug-likeness (QED) is 0.889. The van der Waals surface area contributed by atoms with Gasteiger partial charge in [0.25, 0.3) is 0 Å². The van der Waals surface area contributed by atoms with Crippen LogP contribution in [0, 0.1) is 0 Å². The average molecular weight is 305 g/mol. The summed E-state index contributed by atoms with van der Waals surface area (Å²) >= 11 is 9.44. The molecule has 4 heteroatoms. The molecule has 1 N–H and O–H groups in total. The topological polar surface area (TPSA) is 21.3 Å². The lowest BCUT2D eigenvalue weighted by atomic mass is 10.1. The van der Waals surface area contributed by atoms with Gasteiger partial charge in [0.05, 0.1) is 5.02 Å². The fourth-order valence-electron chi connectivity index (χ4n) is 1.87. The van der Waals surface area contributed by atoms with Gasteiger partial charge >= 0.3 is 0 Å². The molecule has 1 aromatic carbocycles. The third-order valence-corrected chi connectivity index (χ3v) is 3.97. The molecule has 0 bridgehead atoms. The molecule has 2 nitrogen and oxygen atoms in total. The van der Waals surface area contributed by atoms with Crippen LogP contribution in [-0.2, 0) is 4.74 Å². The normalized spacial score (nSPS) is 21.5. The van der Waals surface area contributed by atoms with Crippen molar-refractivity contribution in [2.45, 2.75) is 25.3 Å². The largest absolute Gasteiger partial charge is 0.382 e. The van der Waals surface area contributed by atoms with Crippen LogP contribution in [0.25, 0.3) is 0 Å². The summed E-state index contributed by atoms with van der Waals surface area (Å²) in [6.45, 7) is 1.74. The van der Waals surface area contributed by atoms with E-state index in [1.54, 1.807) is 0 Å². The smallest absolute Gasteiger partial charge is 0.0568 e. The fraction of sp³-hybridized carbons (Fsp3) is 0.500. The van der Waals surface area contributed by atoms with E-state index in [4.69, 9.17) is 16.3 Å². The summed E-state index contributed by atoms with van der Waals surface area (Å²) in [5.74, 6) is 0. The molecule has 1 aliphatic heterocycles. The molecule has 0 radical (unpaired) electrons. The molecule has 2 rings (SSSR count). The van der Waals surface area contributed by atoms with Gasteiger partial charge in [0.2, 0.25) is 0 Å². The van der Waals surface area contributed by atoms with Crippen LogP contribution < -0.4 is 5.32 Å². The first-order chi connectivity index (χ1) is 7.75. The maximum absolute atomic E-state index is 6.05. The van der Waals surface area contributed by atoms with Crippen molar-refractivity contribution in [2.75, 3.05) is 18.5 Å². The van der Waals surface area contributed by atoms with Crippen molar-refractivity contribution in [1.82, 2.24) is 0 Å². The molecule has 0 aliphatic carbocycles. The van der Waals surface area contributed by atoms with Gasteiger partial charge in [0.1, 0.15) is 0 Å². The highest BCUT2D eigenvalue weighted by Crippen LogP contribution is 2.26. The molecule has 1 fully saturated rings. The summed E-state index contributed by atoms with van der Waals surface area (Å²) in [6, 6.07) is 6.47. The number of anilines is 1. The molecule has 0 saturated carbocycles. The summed E-state index contributed by atoms with van der Waals surface area (Å²) in [5.41, 5.74) is 1.08. The molecule has 1 atom stereocenters. The van der Waals surface area contributed by atoms with Crippen molar-refractivity contribution in [3.63, 3.8) is 0 Å². The minimum atomic E-state index is 0.500. The molecule has 0 aromatic heterocycles. The summed E-state index contributed by atoms with van der Waals surface area (Å²) in [7, 11) is 0. The van der Waals surface area contributed by atoms with Crippen molar-refractivity contribution in [1.29, 1.82) is 0 Å². The first-order valence-electron chi connectivity index (χ1n) is 5.55. The van der Waals surface area contributed by atoms with Crippen molar-refractivity contribution in [3.05, 3.63) is 27.7 Å². The maximum atomic E-state index is 6.05. The van der Waals surface area contributed by atoms with Crippen LogP contribution in [-0.4, -0.2) is 19.3 Å². The van der Waals surface area contributed by atoms with Crippen LogP contribution in [0.15, 0.2) is 22.7 Å². The van der Waals surface area contributed by atoms with Gasteiger partial charge in [-0.1, -0.05) is 11.6 Å². The zero-order valence-electron chi connectivity index (χ0n) is 9.01. The Morgan fingerprint density at radius 1 is 1.31 bits per heavy atom. The second-order valence-electron chi connectivity index (χ2n) is 4.01. The van der Waals surface area contributed by atoms with Crippen LogP contribution in [0.5, 0.6) is 0 Å². The molecular weight excluding hydrogens is 289 g/mol. The molecule has 1 saturated heterocycles. The zero-order chi connectivity index (χ0) is 11.4. The monoisotopic (exact) mass is 303 g/mol. The van der Waals surface area contributed by atoms with Gasteiger partial charge in [-0.15, -0.1) is 0 Å². The van der Waals surface area contributed by atoms with E-state index in [9.17, 15) is 0 Å². The highest BCUT2D eigenvalue weighted by molar-refractivity contribution is 9.10. The van der Waals surface area contributed by atoms with Gasteiger partial charge in [0, 0.05) is 29.4 Å². The summed E-state index contributed by atoms with van der Waals surface area (Å²) in [6.07, 6.45) is 3.35. The highest BCUT2D eigenvalue weighted by atomic mass is 79.9. The Hall–Kier alpha value is -0.250. The predicted octanol–water partition coefficient (Wildman–Crippen LogP) is 4.08. The fourth-order valence-corrected chi connectivity index (χ4v) is 2.30. The van der Waals surface area contributed by atoms with E-state index in [2.05, 4.69) is 21.2 Å². The van der Waals surface area contributed by atoms with E-state index in [0.717, 1.165) is 47.7 Å². The van der Waals surface area contributed by atoms with Gasteiger partial charge in [-0.25, -0.2) is 0 Å². The van der Waals surface area contributed by atoms with E-state index in [1.165, 1.54) is 0 Å². The van der Waals surface area contributed by atoms with E-state index in [0.29, 0.717) is 6.04 Å². The van der Waals surface area contributed by atoms with Crippen LogP contribution in [0.1, 0.15) is 19.3 Å². The average Bonchev–Trinajstić information content (AvgIpc) is 2.52. The molecule has 0 spiro atoms. The minimum absolute atomic E-state index is 0.500. The Labute approximate surface area is 109 Å². The summed E-state index contributed by atoms with van der Waals surface area (Å²) in [5, 5.41) is 4.25. The van der Waals surface area contributed by atoms with Crippen molar-refractivity contribution in [2.24, 2.45) is 0 Å². The maximum Gasteiger partial charge on any atom is 0.0568 e. The van der Waals surface area contributed by atoms with E-state index < -0.39 is 0 Å². The van der Waals surface area contributed by atoms with Gasteiger partial charge in [-0.2, -0.15) is 0 Å². The lowest BCUT2D eigenvalue weighted by Crippen LogP contribution is -2.19. The summed E-state index contributed by atoms with van der Waals surface area (Å²) in [4.78, 5) is 0. The molecule has 1 aliphatic rings. The molecule has 1 unspecified atom stereocenters. The lowest BCUT2D eigenvalue weighted by molar-refractivity contribution is 0.144. The number of halogens is 2. The van der Waals surface area contributed by atoms with Gasteiger partial charge < -0.3 is 10.1 Å². The van der Waals surface area contributed by atoms with Gasteiger partial charge in [0.15, 0.2) is 0 Å². The van der Waals surface area contributed by atoms with Crippen molar-refractivity contribution >= 4 is 33.2 Å². The number of benzene rings is 1. The highest BCUT2D eigenvalue weighted by Gasteiger charge is 2.12. The van der Waals surface area contributed by atoms with E-state index >= 15 is 0 Å². The Bertz CT molecular complexity index is 351. The van der Waals surface area contributed by atoms with Crippen molar-refractivity contribution < 1.29 is 4.74 Å². The Morgan fingerprint density at radius 3 is 3.00 bits per heavy atom. The second kappa shape index (κ2) is 5.89. The van der Waals surface area contributed by atoms with Gasteiger partial charge in [-0.3, -0.25) is 0 Å². The standard InChI is InChI=1S/C12H15BrClNO/c13-11-4-3-10(8-12(11)14)15-9-2-1-6-16-7-5-9/h3-4,8-9,15H,1-2,5-7H2. The first-order valence-corrected chi connectivity index (χ1v) is 6.72. The predicted molar refractivity (Wildman–Crippen MR) is 71.2 cm³/mol.